The third-order valence-electron chi connectivity index (χ3n) is 5.19. The first kappa shape index (κ1) is 25.4. The number of carbonyl (C=O) groups is 2. The van der Waals surface area contributed by atoms with Gasteiger partial charge in [-0.3, -0.25) is 9.59 Å². The van der Waals surface area contributed by atoms with Gasteiger partial charge in [-0.05, 0) is 57.2 Å². The number of para-hydroxylation sites is 1. The highest BCUT2D eigenvalue weighted by Gasteiger charge is 2.29. The Balaban J connectivity index is 2.23. The van der Waals surface area contributed by atoms with Gasteiger partial charge in [-0.2, -0.15) is 0 Å². The highest BCUT2D eigenvalue weighted by molar-refractivity contribution is 5.88. The summed E-state index contributed by atoms with van der Waals surface area (Å²) in [6, 6.07) is 15.1. The predicted octanol–water partition coefficient (Wildman–Crippen LogP) is 5.00. The molecular formula is C27H38N2O3. The third kappa shape index (κ3) is 7.40. The maximum Gasteiger partial charge on any atom is 0.261 e. The fourth-order valence-electron chi connectivity index (χ4n) is 3.38. The van der Waals surface area contributed by atoms with E-state index in [0.29, 0.717) is 12.3 Å². The van der Waals surface area contributed by atoms with Gasteiger partial charge in [0.05, 0.1) is 0 Å². The highest BCUT2D eigenvalue weighted by atomic mass is 16.5. The summed E-state index contributed by atoms with van der Waals surface area (Å²) in [5, 5.41) is 2.98. The van der Waals surface area contributed by atoms with E-state index < -0.39 is 6.04 Å². The lowest BCUT2D eigenvalue weighted by Gasteiger charge is -2.31. The zero-order chi connectivity index (χ0) is 24.1. The van der Waals surface area contributed by atoms with Crippen LogP contribution in [0.15, 0.2) is 48.5 Å². The van der Waals surface area contributed by atoms with Gasteiger partial charge in [0.25, 0.3) is 5.91 Å². The van der Waals surface area contributed by atoms with E-state index in [1.54, 1.807) is 11.8 Å². The van der Waals surface area contributed by atoms with Gasteiger partial charge < -0.3 is 15.0 Å². The summed E-state index contributed by atoms with van der Waals surface area (Å²) in [7, 11) is 0. The van der Waals surface area contributed by atoms with Gasteiger partial charge in [-0.1, -0.05) is 68.8 Å². The van der Waals surface area contributed by atoms with Gasteiger partial charge in [-0.25, -0.2) is 0 Å². The molecule has 2 aromatic rings. The van der Waals surface area contributed by atoms with E-state index in [1.165, 1.54) is 0 Å². The summed E-state index contributed by atoms with van der Waals surface area (Å²) in [4.78, 5) is 27.7. The molecule has 32 heavy (non-hydrogen) atoms. The second-order valence-electron chi connectivity index (χ2n) is 10.5. The number of ether oxygens (including phenoxy) is 1. The molecule has 1 N–H and O–H groups in total. The molecular weight excluding hydrogens is 400 g/mol. The molecule has 5 nitrogen and oxygen atoms in total. The molecule has 5 heteroatoms. The normalized spacial score (nSPS) is 12.8. The van der Waals surface area contributed by atoms with Crippen molar-refractivity contribution >= 4 is 11.8 Å². The monoisotopic (exact) mass is 438 g/mol. The molecule has 0 saturated carbocycles. The van der Waals surface area contributed by atoms with Crippen LogP contribution in [0.1, 0.15) is 65.2 Å². The van der Waals surface area contributed by atoms with Crippen molar-refractivity contribution in [2.75, 3.05) is 6.61 Å². The maximum absolute atomic E-state index is 13.3. The SMILES string of the molecule is Cc1ccc(CN(C(=O)COc2ccccc2C(C)(C)C)[C@H](C)C(=O)NC(C)(C)C)cc1. The lowest BCUT2D eigenvalue weighted by atomic mass is 9.86. The number of rotatable bonds is 7. The standard InChI is InChI=1S/C27H38N2O3/c1-19-13-15-21(16-14-19)17-29(20(2)25(31)28-27(6,7)8)24(30)18-32-23-12-10-9-11-22(23)26(3,4)5/h9-16,20H,17-18H2,1-8H3,(H,28,31)/t20-/m1/s1. The molecule has 0 heterocycles. The predicted molar refractivity (Wildman–Crippen MR) is 130 cm³/mol. The Morgan fingerprint density at radius 1 is 0.969 bits per heavy atom. The van der Waals surface area contributed by atoms with Crippen LogP contribution >= 0.6 is 0 Å². The molecule has 0 aliphatic heterocycles. The number of amides is 2. The van der Waals surface area contributed by atoms with Gasteiger partial charge in [0, 0.05) is 12.1 Å². The van der Waals surface area contributed by atoms with E-state index in [-0.39, 0.29) is 29.4 Å². The molecule has 0 radical (unpaired) electrons. The Bertz CT molecular complexity index is 921. The number of hydrogen-bond acceptors (Lipinski definition) is 3. The molecule has 0 spiro atoms. The van der Waals surface area contributed by atoms with Crippen LogP contribution in [0.4, 0.5) is 0 Å². The van der Waals surface area contributed by atoms with Gasteiger partial charge in [0.15, 0.2) is 6.61 Å². The van der Waals surface area contributed by atoms with Crippen LogP contribution in [0, 0.1) is 6.92 Å². The Morgan fingerprint density at radius 2 is 1.56 bits per heavy atom. The van der Waals surface area contributed by atoms with E-state index in [9.17, 15) is 9.59 Å². The molecule has 174 valence electrons. The number of carbonyl (C=O) groups excluding carboxylic acids is 2. The quantitative estimate of drug-likeness (QED) is 0.662. The number of nitrogens with one attached hydrogen (secondary N) is 1. The minimum Gasteiger partial charge on any atom is -0.483 e. The van der Waals surface area contributed by atoms with E-state index in [2.05, 4.69) is 26.1 Å². The van der Waals surface area contributed by atoms with E-state index in [0.717, 1.165) is 16.7 Å². The zero-order valence-corrected chi connectivity index (χ0v) is 20.8. The lowest BCUT2D eigenvalue weighted by Crippen LogP contribution is -2.53. The van der Waals surface area contributed by atoms with Crippen molar-refractivity contribution in [1.29, 1.82) is 0 Å². The van der Waals surface area contributed by atoms with Gasteiger partial charge in [-0.15, -0.1) is 0 Å². The van der Waals surface area contributed by atoms with Crippen molar-refractivity contribution in [1.82, 2.24) is 10.2 Å². The fraction of sp³-hybridized carbons (Fsp3) is 0.481. The zero-order valence-electron chi connectivity index (χ0n) is 20.8. The molecule has 0 aliphatic carbocycles. The lowest BCUT2D eigenvalue weighted by molar-refractivity contribution is -0.142. The molecule has 0 aromatic heterocycles. The largest absolute Gasteiger partial charge is 0.483 e. The van der Waals surface area contributed by atoms with Crippen LogP contribution in [-0.4, -0.2) is 34.9 Å². The van der Waals surface area contributed by atoms with Crippen LogP contribution in [0.5, 0.6) is 5.75 Å². The molecule has 0 saturated heterocycles. The van der Waals surface area contributed by atoms with Gasteiger partial charge >= 0.3 is 0 Å². The Morgan fingerprint density at radius 3 is 2.12 bits per heavy atom. The van der Waals surface area contributed by atoms with Crippen molar-refractivity contribution < 1.29 is 14.3 Å². The molecule has 0 fully saturated rings. The summed E-state index contributed by atoms with van der Waals surface area (Å²) in [6.45, 7) is 16.1. The van der Waals surface area contributed by atoms with E-state index in [1.807, 2.05) is 76.2 Å². The van der Waals surface area contributed by atoms with Crippen LogP contribution in [-0.2, 0) is 21.5 Å². The second kappa shape index (κ2) is 10.2. The summed E-state index contributed by atoms with van der Waals surface area (Å²) in [6.07, 6.45) is 0. The summed E-state index contributed by atoms with van der Waals surface area (Å²) >= 11 is 0. The Kier molecular flexibility index (Phi) is 8.11. The Labute approximate surface area is 193 Å². The topological polar surface area (TPSA) is 58.6 Å². The minimum absolute atomic E-state index is 0.110. The summed E-state index contributed by atoms with van der Waals surface area (Å²) < 4.78 is 5.97. The summed E-state index contributed by atoms with van der Waals surface area (Å²) in [5.41, 5.74) is 2.66. The number of benzene rings is 2. The van der Waals surface area contributed by atoms with Crippen LogP contribution in [0.3, 0.4) is 0 Å². The van der Waals surface area contributed by atoms with Crippen molar-refractivity contribution in [3.63, 3.8) is 0 Å². The smallest absolute Gasteiger partial charge is 0.261 e. The molecule has 0 unspecified atom stereocenters. The number of aryl methyl sites for hydroxylation is 1. The summed E-state index contributed by atoms with van der Waals surface area (Å²) in [5.74, 6) is 0.273. The van der Waals surface area contributed by atoms with Crippen LogP contribution in [0.2, 0.25) is 0 Å². The van der Waals surface area contributed by atoms with E-state index in [4.69, 9.17) is 4.74 Å². The number of hydrogen-bond donors (Lipinski definition) is 1. The first-order chi connectivity index (χ1) is 14.8. The maximum atomic E-state index is 13.3. The van der Waals surface area contributed by atoms with Crippen LogP contribution in [0.25, 0.3) is 0 Å². The number of nitrogens with zero attached hydrogens (tertiary/aromatic N) is 1. The molecule has 2 aromatic carbocycles. The first-order valence-electron chi connectivity index (χ1n) is 11.2. The molecule has 2 rings (SSSR count). The van der Waals surface area contributed by atoms with Gasteiger partial charge in [0.2, 0.25) is 5.91 Å². The van der Waals surface area contributed by atoms with E-state index >= 15 is 0 Å². The van der Waals surface area contributed by atoms with Crippen molar-refractivity contribution in [3.8, 4) is 5.75 Å². The molecule has 1 atom stereocenters. The minimum atomic E-state index is -0.635. The third-order valence-corrected chi connectivity index (χ3v) is 5.19. The van der Waals surface area contributed by atoms with Crippen molar-refractivity contribution in [2.24, 2.45) is 0 Å². The van der Waals surface area contributed by atoms with Crippen molar-refractivity contribution in [3.05, 3.63) is 65.2 Å². The first-order valence-corrected chi connectivity index (χ1v) is 11.2. The average molecular weight is 439 g/mol. The molecule has 2 amide bonds. The average Bonchev–Trinajstić information content (AvgIpc) is 2.69. The molecule has 0 bridgehead atoms. The second-order valence-corrected chi connectivity index (χ2v) is 10.5. The Hall–Kier alpha value is -2.82. The highest BCUT2D eigenvalue weighted by Crippen LogP contribution is 2.31. The molecule has 0 aliphatic rings. The van der Waals surface area contributed by atoms with Gasteiger partial charge in [0.1, 0.15) is 11.8 Å². The van der Waals surface area contributed by atoms with Crippen molar-refractivity contribution in [2.45, 2.75) is 78.9 Å². The fourth-order valence-corrected chi connectivity index (χ4v) is 3.38. The van der Waals surface area contributed by atoms with Crippen LogP contribution < -0.4 is 10.1 Å².